The van der Waals surface area contributed by atoms with E-state index in [0.717, 1.165) is 34.2 Å². The molecule has 0 fully saturated rings. The molecule has 3 aromatic carbocycles. The van der Waals surface area contributed by atoms with E-state index in [-0.39, 0.29) is 31.6 Å². The van der Waals surface area contributed by atoms with Crippen molar-refractivity contribution in [3.05, 3.63) is 95.6 Å². The first-order valence-electron chi connectivity index (χ1n) is 14.9. The van der Waals surface area contributed by atoms with Crippen molar-refractivity contribution >= 4 is 12.2 Å². The minimum atomic E-state index is -0.655. The third-order valence-corrected chi connectivity index (χ3v) is 7.96. The zero-order valence-corrected chi connectivity index (χ0v) is 25.4. The molecule has 224 valence electrons. The number of rotatable bonds is 11. The molecule has 0 bridgehead atoms. The molecule has 0 heterocycles. The van der Waals surface area contributed by atoms with Gasteiger partial charge in [0.2, 0.25) is 0 Å². The summed E-state index contributed by atoms with van der Waals surface area (Å²) in [6.07, 6.45) is 0.165. The number of benzene rings is 3. The first-order chi connectivity index (χ1) is 20.1. The molecule has 0 aliphatic heterocycles. The summed E-state index contributed by atoms with van der Waals surface area (Å²) in [5.41, 5.74) is 4.91. The molecule has 0 saturated carbocycles. The van der Waals surface area contributed by atoms with Crippen LogP contribution in [0, 0.1) is 5.92 Å². The van der Waals surface area contributed by atoms with Gasteiger partial charge in [0.15, 0.2) is 0 Å². The summed E-state index contributed by atoms with van der Waals surface area (Å²) < 4.78 is 11.6. The predicted molar refractivity (Wildman–Crippen MR) is 165 cm³/mol. The highest BCUT2D eigenvalue weighted by atomic mass is 16.6. The van der Waals surface area contributed by atoms with Crippen LogP contribution in [0.3, 0.4) is 0 Å². The highest BCUT2D eigenvalue weighted by Gasteiger charge is 2.34. The van der Waals surface area contributed by atoms with Crippen molar-refractivity contribution in [2.75, 3.05) is 19.8 Å². The minimum Gasteiger partial charge on any atom is -0.448 e. The average molecular weight is 573 g/mol. The van der Waals surface area contributed by atoms with Gasteiger partial charge in [-0.15, -0.1) is 0 Å². The van der Waals surface area contributed by atoms with Gasteiger partial charge in [0.1, 0.15) is 12.2 Å². The lowest BCUT2D eigenvalue weighted by atomic mass is 9.97. The normalized spacial score (nSPS) is 14.7. The van der Waals surface area contributed by atoms with Gasteiger partial charge in [-0.25, -0.2) is 9.59 Å². The summed E-state index contributed by atoms with van der Waals surface area (Å²) in [5, 5.41) is 13.5. The monoisotopic (exact) mass is 572 g/mol. The van der Waals surface area contributed by atoms with E-state index in [2.05, 4.69) is 29.6 Å². The Kier molecular flexibility index (Phi) is 10.3. The third kappa shape index (κ3) is 7.71. The van der Waals surface area contributed by atoms with Crippen molar-refractivity contribution in [1.82, 2.24) is 10.2 Å². The number of nitrogens with one attached hydrogen (secondary N) is 1. The van der Waals surface area contributed by atoms with E-state index in [0.29, 0.717) is 6.42 Å². The van der Waals surface area contributed by atoms with Crippen LogP contribution in [0.5, 0.6) is 0 Å². The number of alkyl carbamates (subject to hydrolysis) is 1. The lowest BCUT2D eigenvalue weighted by molar-refractivity contribution is 0.0397. The number of ether oxygens (including phenoxy) is 2. The number of carbonyl (C=O) groups excluding carboxylic acids is 2. The molecule has 1 aliphatic rings. The number of aliphatic hydroxyl groups is 1. The lowest BCUT2D eigenvalue weighted by Crippen LogP contribution is -2.54. The van der Waals surface area contributed by atoms with E-state index in [1.807, 2.05) is 89.2 Å². The Labute approximate surface area is 249 Å². The molecule has 0 spiro atoms. The molecule has 2 amide bonds. The van der Waals surface area contributed by atoms with E-state index in [1.165, 1.54) is 0 Å². The van der Waals surface area contributed by atoms with Crippen molar-refractivity contribution in [2.45, 2.75) is 71.1 Å². The molecule has 0 saturated heterocycles. The quantitative estimate of drug-likeness (QED) is 0.264. The van der Waals surface area contributed by atoms with Gasteiger partial charge in [-0.2, -0.15) is 0 Å². The van der Waals surface area contributed by atoms with Crippen LogP contribution >= 0.6 is 0 Å². The van der Waals surface area contributed by atoms with Crippen molar-refractivity contribution in [1.29, 1.82) is 0 Å². The molecule has 3 unspecified atom stereocenters. The second-order valence-electron chi connectivity index (χ2n) is 12.1. The Balaban J connectivity index is 1.58. The summed E-state index contributed by atoms with van der Waals surface area (Å²) in [6.45, 7) is 9.60. The molecule has 3 aromatic rings. The first-order valence-corrected chi connectivity index (χ1v) is 14.9. The summed E-state index contributed by atoms with van der Waals surface area (Å²) in [6, 6.07) is 25.2. The predicted octanol–water partition coefficient (Wildman–Crippen LogP) is 6.78. The van der Waals surface area contributed by atoms with E-state index in [1.54, 1.807) is 4.90 Å². The smallest absolute Gasteiger partial charge is 0.410 e. The fourth-order valence-corrected chi connectivity index (χ4v) is 5.53. The van der Waals surface area contributed by atoms with Gasteiger partial charge in [0.25, 0.3) is 0 Å². The van der Waals surface area contributed by atoms with Crippen LogP contribution in [0.15, 0.2) is 78.9 Å². The standard InChI is InChI=1S/C35H44N2O5/c1-6-24(2)32(36-33(39)42-35(3,4)5)21-37(26(22-38)20-25-14-8-7-9-15-25)34(40)41-23-31-29-18-12-10-16-27(29)28-17-11-13-19-30(28)31/h7-19,24,26,31-32,38H,6,20-23H2,1-5H3,(H,36,39). The fourth-order valence-electron chi connectivity index (χ4n) is 5.53. The number of fused-ring (bicyclic) bond motifs is 3. The van der Waals surface area contributed by atoms with Crippen LogP contribution in [0.1, 0.15) is 63.6 Å². The lowest BCUT2D eigenvalue weighted by Gasteiger charge is -2.36. The largest absolute Gasteiger partial charge is 0.448 e. The molecule has 2 N–H and O–H groups in total. The van der Waals surface area contributed by atoms with Crippen LogP contribution in [0.4, 0.5) is 9.59 Å². The molecule has 7 heteroatoms. The number of aliphatic hydroxyl groups excluding tert-OH is 1. The maximum Gasteiger partial charge on any atom is 0.410 e. The minimum absolute atomic E-state index is 0.0393. The number of hydrogen-bond acceptors (Lipinski definition) is 5. The van der Waals surface area contributed by atoms with Crippen LogP contribution in [0.2, 0.25) is 0 Å². The molecule has 42 heavy (non-hydrogen) atoms. The second kappa shape index (κ2) is 13.9. The van der Waals surface area contributed by atoms with Gasteiger partial charge >= 0.3 is 12.2 Å². The highest BCUT2D eigenvalue weighted by molar-refractivity contribution is 5.79. The van der Waals surface area contributed by atoms with E-state index in [9.17, 15) is 14.7 Å². The zero-order chi connectivity index (χ0) is 30.3. The van der Waals surface area contributed by atoms with Gasteiger partial charge in [0.05, 0.1) is 18.7 Å². The van der Waals surface area contributed by atoms with Gasteiger partial charge in [-0.05, 0) is 60.9 Å². The number of hydrogen-bond donors (Lipinski definition) is 2. The Morgan fingerprint density at radius 3 is 2.05 bits per heavy atom. The highest BCUT2D eigenvalue weighted by Crippen LogP contribution is 2.44. The van der Waals surface area contributed by atoms with Crippen molar-refractivity contribution < 1.29 is 24.2 Å². The summed E-state index contributed by atoms with van der Waals surface area (Å²) in [5.74, 6) is -0.0485. The molecule has 0 radical (unpaired) electrons. The second-order valence-corrected chi connectivity index (χ2v) is 12.1. The summed E-state index contributed by atoms with van der Waals surface area (Å²) in [4.78, 5) is 28.3. The fraction of sp³-hybridized carbons (Fsp3) is 0.429. The maximum atomic E-state index is 13.9. The molecule has 7 nitrogen and oxygen atoms in total. The van der Waals surface area contributed by atoms with Crippen molar-refractivity contribution in [3.8, 4) is 11.1 Å². The van der Waals surface area contributed by atoms with Crippen LogP contribution < -0.4 is 5.32 Å². The van der Waals surface area contributed by atoms with E-state index in [4.69, 9.17) is 9.47 Å². The number of amides is 2. The Morgan fingerprint density at radius 1 is 0.929 bits per heavy atom. The molecule has 4 rings (SSSR count). The summed E-state index contributed by atoms with van der Waals surface area (Å²) in [7, 11) is 0. The number of carbonyl (C=O) groups is 2. The van der Waals surface area contributed by atoms with Crippen molar-refractivity contribution in [3.63, 3.8) is 0 Å². The van der Waals surface area contributed by atoms with Gasteiger partial charge in [0, 0.05) is 12.5 Å². The van der Waals surface area contributed by atoms with Gasteiger partial charge < -0.3 is 24.8 Å². The topological polar surface area (TPSA) is 88.1 Å². The zero-order valence-electron chi connectivity index (χ0n) is 25.4. The van der Waals surface area contributed by atoms with Crippen molar-refractivity contribution in [2.24, 2.45) is 5.92 Å². The first kappa shape index (κ1) is 31.1. The maximum absolute atomic E-state index is 13.9. The Hall–Kier alpha value is -3.84. The van der Waals surface area contributed by atoms with Crippen LogP contribution in [-0.2, 0) is 15.9 Å². The summed E-state index contributed by atoms with van der Waals surface area (Å²) >= 11 is 0. The number of nitrogens with zero attached hydrogens (tertiary/aromatic N) is 1. The third-order valence-electron chi connectivity index (χ3n) is 7.96. The molecule has 3 atom stereocenters. The Morgan fingerprint density at radius 2 is 1.50 bits per heavy atom. The van der Waals surface area contributed by atoms with Gasteiger partial charge in [-0.3, -0.25) is 0 Å². The van der Waals surface area contributed by atoms with Crippen LogP contribution in [-0.4, -0.2) is 59.6 Å². The molecule has 1 aliphatic carbocycles. The molecular formula is C35H44N2O5. The SMILES string of the molecule is CCC(C)C(CN(C(=O)OCC1c2ccccc2-c2ccccc21)C(CO)Cc1ccccc1)NC(=O)OC(C)(C)C. The Bertz CT molecular complexity index is 1290. The average Bonchev–Trinajstić information content (AvgIpc) is 3.29. The van der Waals surface area contributed by atoms with E-state index < -0.39 is 29.9 Å². The van der Waals surface area contributed by atoms with Gasteiger partial charge in [-0.1, -0.05) is 99.1 Å². The molecular weight excluding hydrogens is 528 g/mol. The van der Waals surface area contributed by atoms with E-state index >= 15 is 0 Å². The van der Waals surface area contributed by atoms with Crippen LogP contribution in [0.25, 0.3) is 11.1 Å². The molecule has 0 aromatic heterocycles.